The Morgan fingerprint density at radius 3 is 2.37 bits per heavy atom. The fourth-order valence-electron chi connectivity index (χ4n) is 5.63. The number of pyridine rings is 2. The van der Waals surface area contributed by atoms with Crippen LogP contribution in [0.3, 0.4) is 0 Å². The Labute approximate surface area is 230 Å². The maximum atomic E-state index is 13.5. The summed E-state index contributed by atoms with van der Waals surface area (Å²) < 4.78 is 0. The molecule has 3 aromatic rings. The number of hydrogen-bond donors (Lipinski definition) is 2. The van der Waals surface area contributed by atoms with Gasteiger partial charge in [0.2, 0.25) is 0 Å². The molecule has 202 valence electrons. The topological polar surface area (TPSA) is 81.3 Å². The van der Waals surface area contributed by atoms with E-state index in [1.165, 1.54) is 0 Å². The van der Waals surface area contributed by atoms with E-state index in [9.17, 15) is 9.59 Å². The van der Waals surface area contributed by atoms with Gasteiger partial charge in [0.25, 0.3) is 5.91 Å². The molecule has 1 aliphatic rings. The number of anilines is 1. The van der Waals surface area contributed by atoms with Crippen molar-refractivity contribution in [2.75, 3.05) is 25.5 Å². The fraction of sp³-hybridized carbons (Fsp3) is 0.433. The molecule has 2 N–H and O–H groups in total. The summed E-state index contributed by atoms with van der Waals surface area (Å²) in [5.41, 5.74) is 5.10. The van der Waals surface area contributed by atoms with E-state index >= 15 is 0 Å². The standard InChI is InChI=1S/C30H38ClN5O2/c1-6-36(24-9-7-23(8-10-24)35(4)5)27-17-22(31)16-25(20(27)3)30(38)33-18-26-28(37)15-19(2)34-29(26)21-11-13-32-14-12-21/h11-17,23-24H,6-10,18H2,1-5H3,(H,33,38)(H,34,37)/t23-,24-. The lowest BCUT2D eigenvalue weighted by atomic mass is 9.89. The van der Waals surface area contributed by atoms with Crippen molar-refractivity contribution in [2.24, 2.45) is 0 Å². The monoisotopic (exact) mass is 535 g/mol. The molecule has 0 radical (unpaired) electrons. The van der Waals surface area contributed by atoms with Gasteiger partial charge in [-0.2, -0.15) is 0 Å². The van der Waals surface area contributed by atoms with Gasteiger partial charge in [0, 0.05) is 76.7 Å². The molecule has 0 bridgehead atoms. The van der Waals surface area contributed by atoms with Crippen LogP contribution in [-0.4, -0.2) is 53.5 Å². The third-order valence-corrected chi connectivity index (χ3v) is 7.96. The Morgan fingerprint density at radius 2 is 1.74 bits per heavy atom. The first-order valence-electron chi connectivity index (χ1n) is 13.3. The van der Waals surface area contributed by atoms with Gasteiger partial charge in [-0.1, -0.05) is 11.6 Å². The van der Waals surface area contributed by atoms with Gasteiger partial charge in [0.05, 0.1) is 5.69 Å². The molecule has 1 saturated carbocycles. The van der Waals surface area contributed by atoms with Crippen molar-refractivity contribution < 1.29 is 4.79 Å². The quantitative estimate of drug-likeness (QED) is 0.407. The fourth-order valence-corrected chi connectivity index (χ4v) is 5.84. The Hall–Kier alpha value is -3.16. The highest BCUT2D eigenvalue weighted by Gasteiger charge is 2.28. The molecule has 8 heteroatoms. The van der Waals surface area contributed by atoms with Crippen molar-refractivity contribution in [3.05, 3.63) is 80.4 Å². The number of nitrogens with one attached hydrogen (secondary N) is 2. The molecule has 0 spiro atoms. The number of aromatic amines is 1. The number of hydrogen-bond acceptors (Lipinski definition) is 5. The van der Waals surface area contributed by atoms with E-state index in [0.717, 1.165) is 54.7 Å². The zero-order valence-corrected chi connectivity index (χ0v) is 23.7. The van der Waals surface area contributed by atoms with Crippen molar-refractivity contribution in [1.82, 2.24) is 20.2 Å². The van der Waals surface area contributed by atoms with Crippen LogP contribution in [0.2, 0.25) is 5.02 Å². The van der Waals surface area contributed by atoms with E-state index in [1.807, 2.05) is 32.0 Å². The van der Waals surface area contributed by atoms with Gasteiger partial charge in [-0.3, -0.25) is 14.6 Å². The van der Waals surface area contributed by atoms with Gasteiger partial charge in [-0.15, -0.1) is 0 Å². The summed E-state index contributed by atoms with van der Waals surface area (Å²) in [6.45, 7) is 6.92. The lowest BCUT2D eigenvalue weighted by Crippen LogP contribution is -2.42. The SMILES string of the molecule is CCN(c1cc(Cl)cc(C(=O)NCc2c(-c3ccncc3)[nH]c(C)cc2=O)c1C)[C@H]1CC[C@H](N(C)C)CC1. The number of halogens is 1. The molecule has 1 aliphatic carbocycles. The number of benzene rings is 1. The Morgan fingerprint density at radius 1 is 1.08 bits per heavy atom. The van der Waals surface area contributed by atoms with E-state index in [0.29, 0.717) is 33.9 Å². The average molecular weight is 536 g/mol. The lowest BCUT2D eigenvalue weighted by molar-refractivity contribution is 0.0950. The van der Waals surface area contributed by atoms with Gasteiger partial charge < -0.3 is 20.1 Å². The number of carbonyl (C=O) groups is 1. The predicted molar refractivity (Wildman–Crippen MR) is 155 cm³/mol. The first-order chi connectivity index (χ1) is 18.2. The number of aryl methyl sites for hydroxylation is 1. The van der Waals surface area contributed by atoms with Crippen LogP contribution < -0.4 is 15.6 Å². The number of aromatic nitrogens is 2. The minimum absolute atomic E-state index is 0.0967. The molecule has 0 aliphatic heterocycles. The number of H-pyrrole nitrogens is 1. The van der Waals surface area contributed by atoms with Gasteiger partial charge in [-0.25, -0.2) is 0 Å². The normalized spacial score (nSPS) is 17.4. The molecule has 0 unspecified atom stereocenters. The molecule has 7 nitrogen and oxygen atoms in total. The van der Waals surface area contributed by atoms with Gasteiger partial charge in [0.15, 0.2) is 5.43 Å². The predicted octanol–water partition coefficient (Wildman–Crippen LogP) is 5.34. The van der Waals surface area contributed by atoms with Crippen molar-refractivity contribution in [3.63, 3.8) is 0 Å². The first kappa shape index (κ1) is 27.9. The van der Waals surface area contributed by atoms with E-state index < -0.39 is 0 Å². The molecule has 0 saturated heterocycles. The second kappa shape index (κ2) is 12.1. The zero-order valence-electron chi connectivity index (χ0n) is 23.0. The van der Waals surface area contributed by atoms with Crippen LogP contribution in [0, 0.1) is 13.8 Å². The largest absolute Gasteiger partial charge is 0.369 e. The third kappa shape index (κ3) is 6.11. The highest BCUT2D eigenvalue weighted by molar-refractivity contribution is 6.31. The summed E-state index contributed by atoms with van der Waals surface area (Å²) in [4.78, 5) is 38.4. The molecule has 2 heterocycles. The van der Waals surface area contributed by atoms with E-state index in [1.54, 1.807) is 24.5 Å². The number of rotatable bonds is 8. The second-order valence-corrected chi connectivity index (χ2v) is 10.8. The van der Waals surface area contributed by atoms with Crippen LogP contribution in [0.15, 0.2) is 47.5 Å². The summed E-state index contributed by atoms with van der Waals surface area (Å²) in [5.74, 6) is -0.251. The van der Waals surface area contributed by atoms with Gasteiger partial charge >= 0.3 is 0 Å². The Kier molecular flexibility index (Phi) is 8.90. The minimum atomic E-state index is -0.251. The van der Waals surface area contributed by atoms with Gasteiger partial charge in [0.1, 0.15) is 0 Å². The molecule has 1 aromatic carbocycles. The molecule has 4 rings (SSSR count). The van der Waals surface area contributed by atoms with Crippen LogP contribution in [0.4, 0.5) is 5.69 Å². The molecule has 1 fully saturated rings. The summed E-state index contributed by atoms with van der Waals surface area (Å²) in [7, 11) is 4.30. The smallest absolute Gasteiger partial charge is 0.251 e. The number of carbonyl (C=O) groups excluding carboxylic acids is 1. The summed E-state index contributed by atoms with van der Waals surface area (Å²) in [6, 6.07) is 9.96. The molecule has 0 atom stereocenters. The maximum absolute atomic E-state index is 13.5. The van der Waals surface area contributed by atoms with E-state index in [4.69, 9.17) is 11.6 Å². The van der Waals surface area contributed by atoms with Crippen molar-refractivity contribution >= 4 is 23.2 Å². The third-order valence-electron chi connectivity index (χ3n) is 7.74. The summed E-state index contributed by atoms with van der Waals surface area (Å²) in [5, 5.41) is 3.51. The molecular weight excluding hydrogens is 498 g/mol. The van der Waals surface area contributed by atoms with Crippen molar-refractivity contribution in [2.45, 2.75) is 65.1 Å². The van der Waals surface area contributed by atoms with E-state index in [2.05, 4.69) is 46.1 Å². The first-order valence-corrected chi connectivity index (χ1v) is 13.7. The minimum Gasteiger partial charge on any atom is -0.369 e. The van der Waals surface area contributed by atoms with Crippen LogP contribution in [-0.2, 0) is 6.54 Å². The van der Waals surface area contributed by atoms with Crippen LogP contribution in [0.25, 0.3) is 11.3 Å². The lowest BCUT2D eigenvalue weighted by Gasteiger charge is -2.40. The Balaban J connectivity index is 1.58. The average Bonchev–Trinajstić information content (AvgIpc) is 2.90. The zero-order chi connectivity index (χ0) is 27.4. The number of nitrogens with zero attached hydrogens (tertiary/aromatic N) is 3. The maximum Gasteiger partial charge on any atom is 0.251 e. The Bertz CT molecular complexity index is 1330. The molecule has 2 aromatic heterocycles. The van der Waals surface area contributed by atoms with Crippen molar-refractivity contribution in [1.29, 1.82) is 0 Å². The highest BCUT2D eigenvalue weighted by Crippen LogP contribution is 2.34. The van der Waals surface area contributed by atoms with Crippen molar-refractivity contribution in [3.8, 4) is 11.3 Å². The summed E-state index contributed by atoms with van der Waals surface area (Å²) in [6.07, 6.45) is 7.90. The molecular formula is C30H38ClN5O2. The van der Waals surface area contributed by atoms with Crippen LogP contribution >= 0.6 is 11.6 Å². The highest BCUT2D eigenvalue weighted by atomic mass is 35.5. The molecule has 38 heavy (non-hydrogen) atoms. The van der Waals surface area contributed by atoms with E-state index in [-0.39, 0.29) is 17.9 Å². The second-order valence-electron chi connectivity index (χ2n) is 10.4. The van der Waals surface area contributed by atoms with Gasteiger partial charge in [-0.05, 0) is 90.4 Å². The number of amides is 1. The van der Waals surface area contributed by atoms with Crippen LogP contribution in [0.1, 0.15) is 59.8 Å². The summed E-state index contributed by atoms with van der Waals surface area (Å²) >= 11 is 6.56. The van der Waals surface area contributed by atoms with Crippen LogP contribution in [0.5, 0.6) is 0 Å². The molecule has 1 amide bonds.